The summed E-state index contributed by atoms with van der Waals surface area (Å²) in [5.41, 5.74) is 6.48. The quantitative estimate of drug-likeness (QED) is 0.401. The fourth-order valence-electron chi connectivity index (χ4n) is 2.66. The molecular formula is C15H16F2N6O3. The lowest BCUT2D eigenvalue weighted by Gasteiger charge is -2.31. The number of benzene rings is 1. The summed E-state index contributed by atoms with van der Waals surface area (Å²) in [6.45, 7) is 0. The summed E-state index contributed by atoms with van der Waals surface area (Å²) in [5, 5.41) is 11.1. The molecule has 3 rings (SSSR count). The third-order valence-electron chi connectivity index (χ3n) is 4.02. The number of carbonyl (C=O) groups is 2. The standard InChI is InChI=1S/C15H16F2N6O3/c16-9-5-8(14(24)22-26)12(6-10(9)17)19-15(25)11-1-2-13(21-20-11)23-4-3-18-7-23/h3-7,11,13,20-21,26H,1-2H2,(H,19,25)(H,22,24). The van der Waals surface area contributed by atoms with Gasteiger partial charge in [0, 0.05) is 18.5 Å². The minimum atomic E-state index is -1.28. The molecule has 2 heterocycles. The van der Waals surface area contributed by atoms with Gasteiger partial charge in [0.05, 0.1) is 23.7 Å². The third kappa shape index (κ3) is 3.69. The van der Waals surface area contributed by atoms with Crippen molar-refractivity contribution in [3.63, 3.8) is 0 Å². The second-order valence-electron chi connectivity index (χ2n) is 5.69. The first-order valence-corrected chi connectivity index (χ1v) is 7.72. The van der Waals surface area contributed by atoms with E-state index < -0.39 is 35.1 Å². The van der Waals surface area contributed by atoms with Crippen LogP contribution >= 0.6 is 0 Å². The van der Waals surface area contributed by atoms with E-state index in [2.05, 4.69) is 21.2 Å². The van der Waals surface area contributed by atoms with E-state index in [4.69, 9.17) is 5.21 Å². The molecule has 1 aromatic carbocycles. The Labute approximate surface area is 146 Å². The zero-order valence-electron chi connectivity index (χ0n) is 13.4. The van der Waals surface area contributed by atoms with Crippen molar-refractivity contribution in [3.05, 3.63) is 48.1 Å². The number of amides is 2. The van der Waals surface area contributed by atoms with Gasteiger partial charge in [-0.05, 0) is 18.9 Å². The number of rotatable bonds is 4. The Morgan fingerprint density at radius 3 is 2.62 bits per heavy atom. The number of hydrogen-bond donors (Lipinski definition) is 5. The van der Waals surface area contributed by atoms with Crippen LogP contribution in [-0.4, -0.2) is 32.6 Å². The summed E-state index contributed by atoms with van der Waals surface area (Å²) < 4.78 is 28.7. The van der Waals surface area contributed by atoms with Crippen LogP contribution in [0.3, 0.4) is 0 Å². The molecule has 0 bridgehead atoms. The lowest BCUT2D eigenvalue weighted by Crippen LogP contribution is -2.54. The maximum Gasteiger partial charge on any atom is 0.276 e. The molecule has 1 saturated heterocycles. The highest BCUT2D eigenvalue weighted by Crippen LogP contribution is 2.22. The van der Waals surface area contributed by atoms with E-state index in [9.17, 15) is 18.4 Å². The molecule has 0 aliphatic carbocycles. The molecular weight excluding hydrogens is 350 g/mol. The molecule has 26 heavy (non-hydrogen) atoms. The van der Waals surface area contributed by atoms with E-state index in [1.807, 2.05) is 4.57 Å². The average Bonchev–Trinajstić information content (AvgIpc) is 3.18. The molecule has 2 atom stereocenters. The first-order valence-electron chi connectivity index (χ1n) is 7.72. The van der Waals surface area contributed by atoms with E-state index in [-0.39, 0.29) is 11.9 Å². The van der Waals surface area contributed by atoms with Crippen LogP contribution in [0.25, 0.3) is 0 Å². The molecule has 2 aromatic rings. The van der Waals surface area contributed by atoms with Crippen molar-refractivity contribution in [2.75, 3.05) is 5.32 Å². The minimum Gasteiger partial charge on any atom is -0.324 e. The Morgan fingerprint density at radius 2 is 2.00 bits per heavy atom. The van der Waals surface area contributed by atoms with Gasteiger partial charge in [-0.2, -0.15) is 0 Å². The lowest BCUT2D eigenvalue weighted by molar-refractivity contribution is -0.119. The van der Waals surface area contributed by atoms with Crippen LogP contribution in [0.15, 0.2) is 30.9 Å². The fraction of sp³-hybridized carbons (Fsp3) is 0.267. The Morgan fingerprint density at radius 1 is 1.23 bits per heavy atom. The van der Waals surface area contributed by atoms with Crippen molar-refractivity contribution >= 4 is 17.5 Å². The van der Waals surface area contributed by atoms with Crippen molar-refractivity contribution in [2.45, 2.75) is 25.0 Å². The minimum absolute atomic E-state index is 0.0828. The normalized spacial score (nSPS) is 19.8. The topological polar surface area (TPSA) is 120 Å². The highest BCUT2D eigenvalue weighted by Gasteiger charge is 2.27. The number of hydroxylamine groups is 1. The highest BCUT2D eigenvalue weighted by molar-refractivity contribution is 6.04. The summed E-state index contributed by atoms with van der Waals surface area (Å²) in [5.74, 6) is -4.12. The van der Waals surface area contributed by atoms with Crippen molar-refractivity contribution in [1.29, 1.82) is 0 Å². The number of nitrogens with one attached hydrogen (secondary N) is 4. The van der Waals surface area contributed by atoms with E-state index in [1.54, 1.807) is 18.7 Å². The Hall–Kier alpha value is -2.89. The average molecular weight is 366 g/mol. The van der Waals surface area contributed by atoms with Crippen LogP contribution in [0, 0.1) is 11.6 Å². The van der Waals surface area contributed by atoms with Crippen molar-refractivity contribution in [2.24, 2.45) is 0 Å². The van der Waals surface area contributed by atoms with E-state index in [0.717, 1.165) is 0 Å². The van der Waals surface area contributed by atoms with Crippen LogP contribution in [0.1, 0.15) is 29.4 Å². The second kappa shape index (κ2) is 7.56. The fourth-order valence-corrected chi connectivity index (χ4v) is 2.66. The van der Waals surface area contributed by atoms with Crippen molar-refractivity contribution in [1.82, 2.24) is 25.9 Å². The van der Waals surface area contributed by atoms with Crippen LogP contribution in [0.4, 0.5) is 14.5 Å². The molecule has 2 amide bonds. The molecule has 0 spiro atoms. The van der Waals surface area contributed by atoms with Gasteiger partial charge in [0.15, 0.2) is 11.6 Å². The molecule has 1 fully saturated rings. The molecule has 138 valence electrons. The highest BCUT2D eigenvalue weighted by atomic mass is 19.2. The Balaban J connectivity index is 1.69. The molecule has 11 heteroatoms. The SMILES string of the molecule is O=C(NO)c1cc(F)c(F)cc1NC(=O)C1CCC(n2ccnc2)NN1. The lowest BCUT2D eigenvalue weighted by atomic mass is 10.1. The van der Waals surface area contributed by atoms with Gasteiger partial charge in [-0.15, -0.1) is 0 Å². The number of imidazole rings is 1. The smallest absolute Gasteiger partial charge is 0.276 e. The van der Waals surface area contributed by atoms with Gasteiger partial charge in [0.1, 0.15) is 6.04 Å². The molecule has 0 saturated carbocycles. The molecule has 2 unspecified atom stereocenters. The number of hydrogen-bond acceptors (Lipinski definition) is 6. The first-order chi connectivity index (χ1) is 12.5. The number of nitrogens with zero attached hydrogens (tertiary/aromatic N) is 2. The van der Waals surface area contributed by atoms with Gasteiger partial charge >= 0.3 is 0 Å². The van der Waals surface area contributed by atoms with E-state index in [0.29, 0.717) is 25.0 Å². The predicted octanol–water partition coefficient (Wildman–Crippen LogP) is 0.674. The predicted molar refractivity (Wildman–Crippen MR) is 84.8 cm³/mol. The Bertz CT molecular complexity index is 806. The summed E-state index contributed by atoms with van der Waals surface area (Å²) in [7, 11) is 0. The van der Waals surface area contributed by atoms with Gasteiger partial charge in [0.25, 0.3) is 5.91 Å². The second-order valence-corrected chi connectivity index (χ2v) is 5.69. The van der Waals surface area contributed by atoms with Crippen LogP contribution in [0.2, 0.25) is 0 Å². The first kappa shape index (κ1) is 17.9. The van der Waals surface area contributed by atoms with Gasteiger partial charge in [0.2, 0.25) is 5.91 Å². The number of halogens is 2. The zero-order chi connectivity index (χ0) is 18.7. The molecule has 0 radical (unpaired) electrons. The number of carbonyl (C=O) groups excluding carboxylic acids is 2. The largest absolute Gasteiger partial charge is 0.324 e. The zero-order valence-corrected chi connectivity index (χ0v) is 13.4. The number of aromatic nitrogens is 2. The van der Waals surface area contributed by atoms with Crippen LogP contribution < -0.4 is 21.6 Å². The molecule has 1 aromatic heterocycles. The molecule has 1 aliphatic heterocycles. The summed E-state index contributed by atoms with van der Waals surface area (Å²) in [4.78, 5) is 27.9. The van der Waals surface area contributed by atoms with E-state index in [1.165, 1.54) is 5.48 Å². The Kier molecular flexibility index (Phi) is 5.21. The van der Waals surface area contributed by atoms with Crippen LogP contribution in [-0.2, 0) is 4.79 Å². The number of hydrazine groups is 1. The number of anilines is 1. The monoisotopic (exact) mass is 366 g/mol. The third-order valence-corrected chi connectivity index (χ3v) is 4.02. The molecule has 9 nitrogen and oxygen atoms in total. The summed E-state index contributed by atoms with van der Waals surface area (Å²) in [6.07, 6.45) is 6.04. The summed E-state index contributed by atoms with van der Waals surface area (Å²) in [6, 6.07) is 0.619. The molecule has 1 aliphatic rings. The van der Waals surface area contributed by atoms with Crippen molar-refractivity contribution in [3.8, 4) is 0 Å². The van der Waals surface area contributed by atoms with Gasteiger partial charge < -0.3 is 9.88 Å². The molecule has 5 N–H and O–H groups in total. The summed E-state index contributed by atoms with van der Waals surface area (Å²) >= 11 is 0. The van der Waals surface area contributed by atoms with Gasteiger partial charge in [-0.1, -0.05) is 0 Å². The van der Waals surface area contributed by atoms with Crippen LogP contribution in [0.5, 0.6) is 0 Å². The van der Waals surface area contributed by atoms with Gasteiger partial charge in [-0.25, -0.2) is 30.1 Å². The maximum atomic E-state index is 13.5. The maximum absolute atomic E-state index is 13.5. The van der Waals surface area contributed by atoms with Crippen molar-refractivity contribution < 1.29 is 23.6 Å². The van der Waals surface area contributed by atoms with E-state index >= 15 is 0 Å². The van der Waals surface area contributed by atoms with Gasteiger partial charge in [-0.3, -0.25) is 14.8 Å².